The second-order valence-corrected chi connectivity index (χ2v) is 7.75. The first-order chi connectivity index (χ1) is 15.8. The molecule has 0 saturated heterocycles. The number of carboxylic acid groups (broad SMARTS) is 1. The lowest BCUT2D eigenvalue weighted by molar-refractivity contribution is -0.143. The average Bonchev–Trinajstić information content (AvgIpc) is 2.80. The third-order valence-corrected chi connectivity index (χ3v) is 4.75. The van der Waals surface area contributed by atoms with E-state index in [9.17, 15) is 19.5 Å². The summed E-state index contributed by atoms with van der Waals surface area (Å²) in [4.78, 5) is 37.1. The summed E-state index contributed by atoms with van der Waals surface area (Å²) in [5.41, 5.74) is 1.03. The second kappa shape index (κ2) is 13.2. The van der Waals surface area contributed by atoms with Crippen LogP contribution in [0.15, 0.2) is 54.6 Å². The third-order valence-electron chi connectivity index (χ3n) is 4.75. The quantitative estimate of drug-likeness (QED) is 0.283. The van der Waals surface area contributed by atoms with E-state index in [1.54, 1.807) is 48.5 Å². The van der Waals surface area contributed by atoms with Gasteiger partial charge in [0.05, 0.1) is 12.2 Å². The number of carboxylic acids is 1. The Hall–Kier alpha value is -3.43. The monoisotopic (exact) mass is 457 g/mol. The van der Waals surface area contributed by atoms with E-state index in [2.05, 4.69) is 16.0 Å². The molecule has 2 amide bonds. The fraction of sp³-hybridized carbons (Fsp3) is 0.375. The Balaban J connectivity index is 2.17. The van der Waals surface area contributed by atoms with Crippen molar-refractivity contribution in [2.75, 3.05) is 19.8 Å². The lowest BCUT2D eigenvalue weighted by atomic mass is 10.0. The molecular formula is C24H31N3O6. The van der Waals surface area contributed by atoms with E-state index in [0.717, 1.165) is 5.56 Å². The van der Waals surface area contributed by atoms with Crippen molar-refractivity contribution in [2.24, 2.45) is 0 Å². The Morgan fingerprint density at radius 1 is 0.939 bits per heavy atom. The summed E-state index contributed by atoms with van der Waals surface area (Å²) in [6, 6.07) is 13.5. The standard InChI is InChI=1S/C24H31N3O6/c1-16(2)25-12-13-33-21-11-7-6-10-18(21)22(29)26-19(14-17-8-4-3-5-9-17)23(30)27-20(15-28)24(31)32/h3-11,16,19-20,25,28H,12-15H2,1-2H3,(H,26,29)(H,27,30)(H,31,32)/t19-,20-/m0/s1. The van der Waals surface area contributed by atoms with Gasteiger partial charge in [-0.05, 0) is 17.7 Å². The van der Waals surface area contributed by atoms with Crippen molar-refractivity contribution < 1.29 is 29.3 Å². The summed E-state index contributed by atoms with van der Waals surface area (Å²) in [6.07, 6.45) is 0.136. The van der Waals surface area contributed by atoms with E-state index in [1.165, 1.54) is 0 Å². The van der Waals surface area contributed by atoms with Gasteiger partial charge in [-0.25, -0.2) is 4.79 Å². The summed E-state index contributed by atoms with van der Waals surface area (Å²) in [5.74, 6) is -2.25. The number of para-hydroxylation sites is 1. The van der Waals surface area contributed by atoms with Crippen molar-refractivity contribution in [3.05, 3.63) is 65.7 Å². The van der Waals surface area contributed by atoms with Gasteiger partial charge in [0.25, 0.3) is 5.91 Å². The van der Waals surface area contributed by atoms with Crippen LogP contribution in [0.3, 0.4) is 0 Å². The first-order valence-corrected chi connectivity index (χ1v) is 10.8. The molecule has 9 nitrogen and oxygen atoms in total. The van der Waals surface area contributed by atoms with Crippen LogP contribution in [0.25, 0.3) is 0 Å². The number of aliphatic carboxylic acids is 1. The van der Waals surface area contributed by atoms with Gasteiger partial charge < -0.3 is 30.9 Å². The molecule has 0 saturated carbocycles. The Kier molecular flexibility index (Phi) is 10.3. The fourth-order valence-corrected chi connectivity index (χ4v) is 3.04. The number of carbonyl (C=O) groups excluding carboxylic acids is 2. The zero-order valence-corrected chi connectivity index (χ0v) is 18.8. The molecule has 2 aromatic carbocycles. The molecule has 0 heterocycles. The molecule has 0 aliphatic carbocycles. The number of benzene rings is 2. The predicted molar refractivity (Wildman–Crippen MR) is 123 cm³/mol. The number of rotatable bonds is 13. The first kappa shape index (κ1) is 25.8. The van der Waals surface area contributed by atoms with Crippen LogP contribution in [0.5, 0.6) is 5.75 Å². The van der Waals surface area contributed by atoms with Gasteiger partial charge in [0.1, 0.15) is 24.4 Å². The van der Waals surface area contributed by atoms with Gasteiger partial charge in [-0.2, -0.15) is 0 Å². The van der Waals surface area contributed by atoms with Crippen LogP contribution >= 0.6 is 0 Å². The number of hydrogen-bond donors (Lipinski definition) is 5. The molecule has 0 bridgehead atoms. The highest BCUT2D eigenvalue weighted by Crippen LogP contribution is 2.18. The maximum atomic E-state index is 13.0. The number of aliphatic hydroxyl groups excluding tert-OH is 1. The number of aliphatic hydroxyl groups is 1. The summed E-state index contributed by atoms with van der Waals surface area (Å²) in [6.45, 7) is 4.22. The molecule has 33 heavy (non-hydrogen) atoms. The van der Waals surface area contributed by atoms with Gasteiger partial charge in [-0.3, -0.25) is 9.59 Å². The van der Waals surface area contributed by atoms with E-state index in [0.29, 0.717) is 24.9 Å². The van der Waals surface area contributed by atoms with E-state index >= 15 is 0 Å². The van der Waals surface area contributed by atoms with Gasteiger partial charge >= 0.3 is 5.97 Å². The predicted octanol–water partition coefficient (Wildman–Crippen LogP) is 0.966. The lowest BCUT2D eigenvalue weighted by Crippen LogP contribution is -2.53. The summed E-state index contributed by atoms with van der Waals surface area (Å²) in [7, 11) is 0. The normalized spacial score (nSPS) is 12.6. The number of ether oxygens (including phenoxy) is 1. The maximum absolute atomic E-state index is 13.0. The van der Waals surface area contributed by atoms with E-state index < -0.39 is 36.5 Å². The van der Waals surface area contributed by atoms with E-state index in [1.807, 2.05) is 19.9 Å². The minimum Gasteiger partial charge on any atom is -0.491 e. The topological polar surface area (TPSA) is 137 Å². The van der Waals surface area contributed by atoms with Crippen LogP contribution in [-0.4, -0.2) is 65.9 Å². The SMILES string of the molecule is CC(C)NCCOc1ccccc1C(=O)N[C@@H](Cc1ccccc1)C(=O)N[C@@H](CO)C(=O)O. The fourth-order valence-electron chi connectivity index (χ4n) is 3.04. The highest BCUT2D eigenvalue weighted by Gasteiger charge is 2.27. The second-order valence-electron chi connectivity index (χ2n) is 7.75. The Morgan fingerprint density at radius 3 is 2.24 bits per heavy atom. The molecule has 0 radical (unpaired) electrons. The third kappa shape index (κ3) is 8.55. The molecule has 0 spiro atoms. The number of nitrogens with one attached hydrogen (secondary N) is 3. The first-order valence-electron chi connectivity index (χ1n) is 10.8. The Morgan fingerprint density at radius 2 is 1.61 bits per heavy atom. The van der Waals surface area contributed by atoms with Gasteiger partial charge in [-0.15, -0.1) is 0 Å². The van der Waals surface area contributed by atoms with E-state index in [4.69, 9.17) is 9.84 Å². The van der Waals surface area contributed by atoms with Crippen LogP contribution in [0.4, 0.5) is 0 Å². The summed E-state index contributed by atoms with van der Waals surface area (Å²) < 4.78 is 5.75. The summed E-state index contributed by atoms with van der Waals surface area (Å²) >= 11 is 0. The minimum absolute atomic E-state index is 0.136. The zero-order chi connectivity index (χ0) is 24.2. The largest absolute Gasteiger partial charge is 0.491 e. The Labute approximate surface area is 193 Å². The molecule has 2 rings (SSSR count). The van der Waals surface area contributed by atoms with Crippen molar-refractivity contribution in [3.63, 3.8) is 0 Å². The lowest BCUT2D eigenvalue weighted by Gasteiger charge is -2.21. The Bertz CT molecular complexity index is 919. The molecule has 5 N–H and O–H groups in total. The summed E-state index contributed by atoms with van der Waals surface area (Å²) in [5, 5.41) is 26.6. The van der Waals surface area contributed by atoms with Crippen molar-refractivity contribution in [2.45, 2.75) is 38.4 Å². The van der Waals surface area contributed by atoms with Crippen molar-refractivity contribution in [3.8, 4) is 5.75 Å². The van der Waals surface area contributed by atoms with Gasteiger partial charge in [0.2, 0.25) is 5.91 Å². The number of carbonyl (C=O) groups is 3. The molecule has 0 unspecified atom stereocenters. The highest BCUT2D eigenvalue weighted by atomic mass is 16.5. The average molecular weight is 458 g/mol. The maximum Gasteiger partial charge on any atom is 0.328 e. The molecule has 0 fully saturated rings. The molecular weight excluding hydrogens is 426 g/mol. The smallest absolute Gasteiger partial charge is 0.328 e. The molecule has 178 valence electrons. The van der Waals surface area contributed by atoms with Crippen molar-refractivity contribution >= 4 is 17.8 Å². The molecule has 2 aromatic rings. The van der Waals surface area contributed by atoms with E-state index in [-0.39, 0.29) is 12.0 Å². The molecule has 0 aliphatic heterocycles. The molecule has 0 aromatic heterocycles. The van der Waals surface area contributed by atoms with Crippen molar-refractivity contribution in [1.29, 1.82) is 0 Å². The minimum atomic E-state index is -1.48. The molecule has 2 atom stereocenters. The number of hydrogen-bond acceptors (Lipinski definition) is 6. The van der Waals surface area contributed by atoms with Gasteiger partial charge in [0, 0.05) is 19.0 Å². The molecule has 0 aliphatic rings. The van der Waals surface area contributed by atoms with Gasteiger partial charge in [-0.1, -0.05) is 56.3 Å². The van der Waals surface area contributed by atoms with Crippen molar-refractivity contribution in [1.82, 2.24) is 16.0 Å². The van der Waals surface area contributed by atoms with Gasteiger partial charge in [0.15, 0.2) is 0 Å². The highest BCUT2D eigenvalue weighted by molar-refractivity contribution is 6.00. The number of amides is 2. The van der Waals surface area contributed by atoms with Crippen LogP contribution in [0.1, 0.15) is 29.8 Å². The van der Waals surface area contributed by atoms with Crippen LogP contribution < -0.4 is 20.7 Å². The zero-order valence-electron chi connectivity index (χ0n) is 18.8. The van der Waals surface area contributed by atoms with Crippen LogP contribution in [-0.2, 0) is 16.0 Å². The van der Waals surface area contributed by atoms with Crippen LogP contribution in [0, 0.1) is 0 Å². The van der Waals surface area contributed by atoms with Crippen LogP contribution in [0.2, 0.25) is 0 Å². The molecule has 9 heteroatoms.